The molecule has 3 unspecified atom stereocenters. The standard InChI is InChI=1S/C45H75AsO9Si3/c1-10-47-40(34-43(50-13-4,51-14-5)56-37-28-22-19-23-29-37)46(41(48-11-2)35-44(52-15-6,53-16-7)57-38-30-24-20-25-31-38)42(49-12-3)36-45(54-17-8,55-18-9)58-39-32-26-21-27-33-39/h19-33,40-42H,10-18,34-36,56-58H2,1-9H3. The van der Waals surface area contributed by atoms with Crippen LogP contribution in [0.5, 0.6) is 0 Å². The van der Waals surface area contributed by atoms with Crippen LogP contribution in [-0.4, -0.2) is 134 Å². The van der Waals surface area contributed by atoms with Crippen LogP contribution in [0.3, 0.4) is 0 Å². The molecular formula is C45H75AsO9Si3. The van der Waals surface area contributed by atoms with Gasteiger partial charge in [0.15, 0.2) is 0 Å². The molecule has 0 aliphatic heterocycles. The molecule has 3 atom stereocenters. The first-order valence-corrected chi connectivity index (χ1v) is 29.3. The second-order valence-electron chi connectivity index (χ2n) is 14.1. The summed E-state index contributed by atoms with van der Waals surface area (Å²) in [6, 6.07) is 32.1. The SMILES string of the molecule is CCOC(CC(OCC)(OCC)[SiH2]c1ccccc1)[As](C(CC(OCC)(OCC)[SiH2]c1ccccc1)OCC)C(CC(OCC)(OCC)[SiH2]c1ccccc1)OCC. The maximum absolute atomic E-state index is 7.08. The van der Waals surface area contributed by atoms with Gasteiger partial charge in [0.1, 0.15) is 0 Å². The number of rotatable bonds is 33. The molecule has 9 nitrogen and oxygen atoms in total. The first kappa shape index (κ1) is 50.9. The van der Waals surface area contributed by atoms with Crippen LogP contribution in [0.4, 0.5) is 0 Å². The van der Waals surface area contributed by atoms with Gasteiger partial charge in [0.05, 0.1) is 0 Å². The second kappa shape index (κ2) is 28.2. The molecule has 0 aromatic heterocycles. The van der Waals surface area contributed by atoms with Crippen LogP contribution < -0.4 is 15.6 Å². The third-order valence-electron chi connectivity index (χ3n) is 9.92. The number of benzene rings is 3. The molecule has 3 aromatic rings. The van der Waals surface area contributed by atoms with Gasteiger partial charge in [0.2, 0.25) is 0 Å². The molecule has 0 fully saturated rings. The van der Waals surface area contributed by atoms with Gasteiger partial charge in [-0.25, -0.2) is 0 Å². The van der Waals surface area contributed by atoms with Crippen molar-refractivity contribution in [3.8, 4) is 0 Å². The van der Waals surface area contributed by atoms with Gasteiger partial charge in [-0.1, -0.05) is 0 Å². The molecule has 0 aliphatic carbocycles. The van der Waals surface area contributed by atoms with E-state index in [0.717, 1.165) is 0 Å². The summed E-state index contributed by atoms with van der Waals surface area (Å²) < 4.78 is 62.1. The molecule has 0 saturated heterocycles. The van der Waals surface area contributed by atoms with Crippen molar-refractivity contribution in [2.24, 2.45) is 0 Å². The van der Waals surface area contributed by atoms with Gasteiger partial charge in [-0.2, -0.15) is 0 Å². The van der Waals surface area contributed by atoms with Gasteiger partial charge >= 0.3 is 364 Å². The molecular weight excluding hydrogens is 844 g/mol. The minimum atomic E-state index is -2.59. The van der Waals surface area contributed by atoms with Crippen molar-refractivity contribution in [3.05, 3.63) is 91.0 Å². The van der Waals surface area contributed by atoms with Crippen molar-refractivity contribution >= 4 is 58.8 Å². The second-order valence-corrected chi connectivity index (χ2v) is 26.4. The van der Waals surface area contributed by atoms with E-state index in [1.54, 1.807) is 0 Å². The topological polar surface area (TPSA) is 83.1 Å². The van der Waals surface area contributed by atoms with E-state index in [2.05, 4.69) is 153 Å². The molecule has 0 aliphatic rings. The number of ether oxygens (including phenoxy) is 9. The van der Waals surface area contributed by atoms with Gasteiger partial charge in [0, 0.05) is 0 Å². The van der Waals surface area contributed by atoms with Crippen LogP contribution >= 0.6 is 0 Å². The van der Waals surface area contributed by atoms with Gasteiger partial charge in [-0.15, -0.1) is 0 Å². The van der Waals surface area contributed by atoms with Gasteiger partial charge in [0.25, 0.3) is 0 Å². The molecule has 0 bridgehead atoms. The molecule has 58 heavy (non-hydrogen) atoms. The normalized spacial score (nSPS) is 15.3. The van der Waals surface area contributed by atoms with E-state index >= 15 is 0 Å². The first-order valence-electron chi connectivity index (χ1n) is 21.8. The van der Waals surface area contributed by atoms with Crippen LogP contribution in [-0.2, 0) is 42.6 Å². The zero-order valence-electron chi connectivity index (χ0n) is 37.1. The zero-order valence-corrected chi connectivity index (χ0v) is 43.2. The Labute approximate surface area is 362 Å². The summed E-state index contributed by atoms with van der Waals surface area (Å²) in [7, 11) is -3.41. The van der Waals surface area contributed by atoms with E-state index in [-0.39, 0.29) is 14.7 Å². The van der Waals surface area contributed by atoms with Crippen molar-refractivity contribution in [3.63, 3.8) is 0 Å². The molecule has 0 saturated carbocycles. The predicted octanol–water partition coefficient (Wildman–Crippen LogP) is 4.15. The Morgan fingerprint density at radius 3 is 0.776 bits per heavy atom. The van der Waals surface area contributed by atoms with Crippen molar-refractivity contribution in [1.29, 1.82) is 0 Å². The summed E-state index contributed by atoms with van der Waals surface area (Å²) in [6.45, 7) is 23.3. The summed E-state index contributed by atoms with van der Waals surface area (Å²) in [5, 5.41) is 3.84. The fourth-order valence-corrected chi connectivity index (χ4v) is 23.4. The van der Waals surface area contributed by atoms with Gasteiger partial charge in [-0.05, 0) is 0 Å². The summed E-state index contributed by atoms with van der Waals surface area (Å²) in [5.74, 6) is 0. The Bertz CT molecular complexity index is 1270. The van der Waals surface area contributed by atoms with Crippen molar-refractivity contribution in [2.75, 3.05) is 59.5 Å². The molecule has 0 N–H and O–H groups in total. The van der Waals surface area contributed by atoms with E-state index in [0.29, 0.717) is 78.7 Å². The summed E-state index contributed by atoms with van der Waals surface area (Å²) in [4.78, 5) is -0.754. The monoisotopic (exact) mass is 918 g/mol. The van der Waals surface area contributed by atoms with Gasteiger partial charge < -0.3 is 0 Å². The quantitative estimate of drug-likeness (QED) is 0.0662. The van der Waals surface area contributed by atoms with Crippen molar-refractivity contribution < 1.29 is 42.6 Å². The van der Waals surface area contributed by atoms with Crippen LogP contribution in [0.1, 0.15) is 81.6 Å². The van der Waals surface area contributed by atoms with Crippen LogP contribution in [0, 0.1) is 0 Å². The fourth-order valence-electron chi connectivity index (χ4n) is 7.98. The van der Waals surface area contributed by atoms with Crippen molar-refractivity contribution in [2.45, 2.75) is 112 Å². The Morgan fingerprint density at radius 2 is 0.586 bits per heavy atom. The first-order chi connectivity index (χ1) is 28.2. The number of hydrogen-bond donors (Lipinski definition) is 0. The third kappa shape index (κ3) is 16.4. The van der Waals surface area contributed by atoms with Crippen molar-refractivity contribution in [1.82, 2.24) is 0 Å². The Hall–Kier alpha value is -1.49. The van der Waals surface area contributed by atoms with E-state index in [4.69, 9.17) is 42.6 Å². The summed E-state index contributed by atoms with van der Waals surface area (Å²) >= 11 is -2.59. The fraction of sp³-hybridized carbons (Fsp3) is 0.600. The molecule has 3 rings (SSSR count). The van der Waals surface area contributed by atoms with Crippen LogP contribution in [0.2, 0.25) is 0 Å². The van der Waals surface area contributed by atoms with Crippen LogP contribution in [0.25, 0.3) is 0 Å². The number of hydrogen-bond acceptors (Lipinski definition) is 9. The Morgan fingerprint density at radius 1 is 0.362 bits per heavy atom. The average Bonchev–Trinajstić information content (AvgIpc) is 3.20. The third-order valence-corrected chi connectivity index (χ3v) is 22.5. The molecule has 0 heterocycles. The predicted molar refractivity (Wildman–Crippen MR) is 248 cm³/mol. The minimum absolute atomic E-state index is 0.251. The Kier molecular flexibility index (Phi) is 24.7. The molecule has 0 radical (unpaired) electrons. The molecule has 3 aromatic carbocycles. The zero-order chi connectivity index (χ0) is 42.1. The van der Waals surface area contributed by atoms with E-state index in [1.165, 1.54) is 15.6 Å². The van der Waals surface area contributed by atoms with Crippen LogP contribution in [0.15, 0.2) is 91.0 Å². The average molecular weight is 919 g/mol. The summed E-state index contributed by atoms with van der Waals surface area (Å²) in [6.07, 6.45) is 1.70. The summed E-state index contributed by atoms with van der Waals surface area (Å²) in [5.41, 5.74) is -2.43. The molecule has 0 amide bonds. The van der Waals surface area contributed by atoms with E-state index in [1.807, 2.05) is 0 Å². The maximum atomic E-state index is 7.08. The van der Waals surface area contributed by atoms with Gasteiger partial charge in [-0.3, -0.25) is 0 Å². The Balaban J connectivity index is 2.33. The molecule has 326 valence electrons. The van der Waals surface area contributed by atoms with E-state index < -0.39 is 59.4 Å². The van der Waals surface area contributed by atoms with E-state index in [9.17, 15) is 0 Å². The molecule has 13 heteroatoms. The molecule has 0 spiro atoms.